The maximum absolute atomic E-state index is 12.8. The highest BCUT2D eigenvalue weighted by Crippen LogP contribution is 2.29. The number of carbonyl (C=O) groups excluding carboxylic acids is 2. The smallest absolute Gasteiger partial charge is 0.336 e. The third-order valence-electron chi connectivity index (χ3n) is 6.20. The molecule has 6 nitrogen and oxygen atoms in total. The number of amides is 1. The normalized spacial score (nSPS) is 16.0. The van der Waals surface area contributed by atoms with Crippen molar-refractivity contribution in [1.82, 2.24) is 0 Å². The van der Waals surface area contributed by atoms with Crippen molar-refractivity contribution in [3.8, 4) is 0 Å². The van der Waals surface area contributed by atoms with Crippen LogP contribution in [0, 0.1) is 5.92 Å². The molecule has 0 aliphatic carbocycles. The molecule has 3 aromatic carbocycles. The van der Waals surface area contributed by atoms with E-state index in [1.807, 2.05) is 54.6 Å². The lowest BCUT2D eigenvalue weighted by atomic mass is 10.0. The van der Waals surface area contributed by atoms with Crippen molar-refractivity contribution < 1.29 is 18.7 Å². The Morgan fingerprint density at radius 2 is 1.85 bits per heavy atom. The van der Waals surface area contributed by atoms with Crippen molar-refractivity contribution in [1.29, 1.82) is 0 Å². The van der Waals surface area contributed by atoms with E-state index in [0.717, 1.165) is 28.3 Å². The van der Waals surface area contributed by atoms with E-state index in [0.29, 0.717) is 11.1 Å². The molecule has 166 valence electrons. The monoisotopic (exact) mass is 441 g/mol. The number of esters is 1. The fraction of sp³-hybridized carbons (Fsp3) is 0.222. The molecule has 0 bridgehead atoms. The van der Waals surface area contributed by atoms with Crippen LogP contribution in [-0.2, 0) is 27.4 Å². The number of anilines is 1. The van der Waals surface area contributed by atoms with E-state index >= 15 is 0 Å². The van der Waals surface area contributed by atoms with Crippen LogP contribution >= 0.6 is 0 Å². The summed E-state index contributed by atoms with van der Waals surface area (Å²) in [4.78, 5) is 39.1. The molecular weight excluding hydrogens is 418 g/mol. The van der Waals surface area contributed by atoms with Crippen LogP contribution in [0.4, 0.5) is 5.69 Å². The number of rotatable bonds is 5. The quantitative estimate of drug-likeness (QED) is 0.257. The van der Waals surface area contributed by atoms with E-state index in [4.69, 9.17) is 9.15 Å². The van der Waals surface area contributed by atoms with Crippen LogP contribution in [-0.4, -0.2) is 18.4 Å². The molecule has 0 unspecified atom stereocenters. The lowest BCUT2D eigenvalue weighted by molar-refractivity contribution is -0.149. The number of ether oxygens (including phenoxy) is 1. The van der Waals surface area contributed by atoms with Gasteiger partial charge in [-0.3, -0.25) is 9.59 Å². The summed E-state index contributed by atoms with van der Waals surface area (Å²) in [6.07, 6.45) is 1.03. The Balaban J connectivity index is 1.35. The first-order chi connectivity index (χ1) is 16.0. The molecule has 1 fully saturated rings. The third kappa shape index (κ3) is 4.00. The maximum Gasteiger partial charge on any atom is 0.336 e. The summed E-state index contributed by atoms with van der Waals surface area (Å²) in [5.41, 5.74) is 2.51. The van der Waals surface area contributed by atoms with Crippen molar-refractivity contribution in [3.63, 3.8) is 0 Å². The van der Waals surface area contributed by atoms with Crippen molar-refractivity contribution in [2.75, 3.05) is 11.4 Å². The topological polar surface area (TPSA) is 76.8 Å². The van der Waals surface area contributed by atoms with Gasteiger partial charge in [0.15, 0.2) is 0 Å². The van der Waals surface area contributed by atoms with E-state index in [1.165, 1.54) is 11.6 Å². The molecule has 1 aliphatic rings. The third-order valence-corrected chi connectivity index (χ3v) is 6.20. The average molecular weight is 441 g/mol. The van der Waals surface area contributed by atoms with Crippen LogP contribution in [0.1, 0.15) is 24.5 Å². The van der Waals surface area contributed by atoms with Crippen LogP contribution in [0.2, 0.25) is 0 Å². The Hall–Kier alpha value is -3.93. The number of benzene rings is 3. The summed E-state index contributed by atoms with van der Waals surface area (Å²) in [6.45, 7) is 2.29. The molecule has 1 aromatic heterocycles. The van der Waals surface area contributed by atoms with Gasteiger partial charge in [-0.15, -0.1) is 0 Å². The minimum atomic E-state index is -0.550. The zero-order chi connectivity index (χ0) is 22.9. The van der Waals surface area contributed by atoms with Gasteiger partial charge in [0.05, 0.1) is 5.92 Å². The molecule has 5 rings (SSSR count). The Morgan fingerprint density at radius 3 is 2.64 bits per heavy atom. The minimum Gasteiger partial charge on any atom is -0.461 e. The van der Waals surface area contributed by atoms with Crippen molar-refractivity contribution >= 4 is 39.3 Å². The number of hydrogen-bond acceptors (Lipinski definition) is 5. The van der Waals surface area contributed by atoms with E-state index in [1.54, 1.807) is 11.0 Å². The Morgan fingerprint density at radius 1 is 1.06 bits per heavy atom. The highest BCUT2D eigenvalue weighted by Gasteiger charge is 2.36. The van der Waals surface area contributed by atoms with Crippen LogP contribution in [0.25, 0.3) is 21.7 Å². The predicted molar refractivity (Wildman–Crippen MR) is 126 cm³/mol. The molecule has 33 heavy (non-hydrogen) atoms. The first-order valence-electron chi connectivity index (χ1n) is 11.0. The largest absolute Gasteiger partial charge is 0.461 e. The minimum absolute atomic E-state index is 0.0647. The second-order valence-electron chi connectivity index (χ2n) is 8.28. The van der Waals surface area contributed by atoms with Gasteiger partial charge in [-0.2, -0.15) is 0 Å². The summed E-state index contributed by atoms with van der Waals surface area (Å²) < 4.78 is 11.0. The maximum atomic E-state index is 12.8. The molecule has 2 heterocycles. The van der Waals surface area contributed by atoms with Gasteiger partial charge in [0, 0.05) is 35.7 Å². The molecule has 0 spiro atoms. The number of hydrogen-bond donors (Lipinski definition) is 0. The van der Waals surface area contributed by atoms with Crippen LogP contribution < -0.4 is 10.5 Å². The van der Waals surface area contributed by atoms with Crippen molar-refractivity contribution in [3.05, 3.63) is 88.3 Å². The van der Waals surface area contributed by atoms with Gasteiger partial charge in [-0.1, -0.05) is 49.4 Å². The Labute approximate surface area is 190 Å². The summed E-state index contributed by atoms with van der Waals surface area (Å²) in [5, 5.41) is 2.67. The van der Waals surface area contributed by atoms with Gasteiger partial charge < -0.3 is 14.1 Å². The van der Waals surface area contributed by atoms with E-state index < -0.39 is 17.5 Å². The lowest BCUT2D eigenvalue weighted by Crippen LogP contribution is -2.26. The van der Waals surface area contributed by atoms with Crippen molar-refractivity contribution in [2.24, 2.45) is 5.92 Å². The van der Waals surface area contributed by atoms with Gasteiger partial charge in [0.1, 0.15) is 12.2 Å². The lowest BCUT2D eigenvalue weighted by Gasteiger charge is -2.17. The molecule has 0 radical (unpaired) electrons. The van der Waals surface area contributed by atoms with Crippen LogP contribution in [0.15, 0.2) is 75.9 Å². The average Bonchev–Trinajstić information content (AvgIpc) is 3.23. The van der Waals surface area contributed by atoms with Gasteiger partial charge in [-0.25, -0.2) is 4.79 Å². The number of fused-ring (bicyclic) bond motifs is 3. The Kier molecular flexibility index (Phi) is 5.42. The molecule has 1 saturated heterocycles. The summed E-state index contributed by atoms with van der Waals surface area (Å²) >= 11 is 0. The highest BCUT2D eigenvalue weighted by molar-refractivity contribution is 6.07. The zero-order valence-corrected chi connectivity index (χ0v) is 18.2. The zero-order valence-electron chi connectivity index (χ0n) is 18.2. The second-order valence-corrected chi connectivity index (χ2v) is 8.28. The first kappa shape index (κ1) is 20.9. The fourth-order valence-corrected chi connectivity index (χ4v) is 4.43. The van der Waals surface area contributed by atoms with E-state index in [9.17, 15) is 14.4 Å². The molecule has 1 atom stereocenters. The van der Waals surface area contributed by atoms with Crippen LogP contribution in [0.5, 0.6) is 0 Å². The highest BCUT2D eigenvalue weighted by atomic mass is 16.5. The summed E-state index contributed by atoms with van der Waals surface area (Å²) in [5.74, 6) is -1.10. The Bertz CT molecular complexity index is 1420. The fourth-order valence-electron chi connectivity index (χ4n) is 4.43. The molecule has 1 amide bonds. The molecule has 4 aromatic rings. The first-order valence-corrected chi connectivity index (χ1v) is 11.0. The standard InChI is InChI=1S/C27H23NO5/c1-2-17-7-10-21(11-8-17)28-15-19(13-24(28)29)27(31)32-16-20-14-25(30)33-23-12-9-18-5-3-4-6-22(18)26(20)23/h3-12,14,19H,2,13,15-16H2,1H3/t19-/m0/s1. The van der Waals surface area contributed by atoms with E-state index in [2.05, 4.69) is 6.92 Å². The SMILES string of the molecule is CCc1ccc(N2C[C@@H](C(=O)OCc3cc(=O)oc4ccc5ccccc5c34)CC2=O)cc1. The van der Waals surface area contributed by atoms with Gasteiger partial charge in [0.25, 0.3) is 0 Å². The molecule has 1 aliphatic heterocycles. The molecule has 0 saturated carbocycles. The van der Waals surface area contributed by atoms with Crippen molar-refractivity contribution in [2.45, 2.75) is 26.4 Å². The second kappa shape index (κ2) is 8.54. The number of carbonyl (C=O) groups is 2. The summed E-state index contributed by atoms with van der Waals surface area (Å²) in [6, 6.07) is 20.6. The number of aryl methyl sites for hydroxylation is 1. The predicted octanol–water partition coefficient (Wildman–Crippen LogP) is 4.60. The van der Waals surface area contributed by atoms with Gasteiger partial charge in [-0.05, 0) is 41.0 Å². The molecule has 0 N–H and O–H groups in total. The molecular formula is C27H23NO5. The van der Waals surface area contributed by atoms with Gasteiger partial charge in [0.2, 0.25) is 5.91 Å². The van der Waals surface area contributed by atoms with E-state index in [-0.39, 0.29) is 25.5 Å². The van der Waals surface area contributed by atoms with Gasteiger partial charge >= 0.3 is 11.6 Å². The summed E-state index contributed by atoms with van der Waals surface area (Å²) in [7, 11) is 0. The van der Waals surface area contributed by atoms with Crippen LogP contribution in [0.3, 0.4) is 0 Å². The molecule has 6 heteroatoms. The number of nitrogens with zero attached hydrogens (tertiary/aromatic N) is 1.